The monoisotopic (exact) mass is 635 g/mol. The van der Waals surface area contributed by atoms with Gasteiger partial charge >= 0.3 is 0 Å². The lowest BCUT2D eigenvalue weighted by atomic mass is 9.43. The molecule has 7 aromatic rings. The molecule has 4 bridgehead atoms. The molecule has 1 heterocycles. The van der Waals surface area contributed by atoms with E-state index in [4.69, 9.17) is 0 Å². The van der Waals surface area contributed by atoms with Gasteiger partial charge in [0.15, 0.2) is 0 Å². The van der Waals surface area contributed by atoms with Crippen LogP contribution in [0.15, 0.2) is 140 Å². The highest BCUT2D eigenvalue weighted by molar-refractivity contribution is 7.25. The Morgan fingerprint density at radius 1 is 0.458 bits per heavy atom. The van der Waals surface area contributed by atoms with E-state index in [2.05, 4.69) is 144 Å². The average Bonchev–Trinajstić information content (AvgIpc) is 3.64. The quantitative estimate of drug-likeness (QED) is 0.186. The molecule has 4 fully saturated rings. The number of anilines is 3. The minimum absolute atomic E-state index is 0.141. The van der Waals surface area contributed by atoms with Crippen LogP contribution in [0.5, 0.6) is 0 Å². The summed E-state index contributed by atoms with van der Waals surface area (Å²) in [6.07, 6.45) is 7.07. The molecule has 0 aliphatic heterocycles. The maximum Gasteiger partial charge on any atom is 0.0476 e. The van der Waals surface area contributed by atoms with Crippen LogP contribution in [0.3, 0.4) is 0 Å². The van der Waals surface area contributed by atoms with Gasteiger partial charge in [-0.3, -0.25) is 0 Å². The molecule has 0 atom stereocenters. The summed E-state index contributed by atoms with van der Waals surface area (Å²) in [4.78, 5) is 2.53. The smallest absolute Gasteiger partial charge is 0.0476 e. The zero-order valence-electron chi connectivity index (χ0n) is 27.0. The first-order chi connectivity index (χ1) is 23.7. The molecule has 12 rings (SSSR count). The highest BCUT2D eigenvalue weighted by Crippen LogP contribution is 2.69. The fourth-order valence-electron chi connectivity index (χ4n) is 11.0. The van der Waals surface area contributed by atoms with Gasteiger partial charge < -0.3 is 4.90 Å². The Hall–Kier alpha value is -4.66. The molecule has 5 aliphatic rings. The molecule has 0 saturated heterocycles. The molecule has 0 unspecified atom stereocenters. The summed E-state index contributed by atoms with van der Waals surface area (Å²) in [5, 5.41) is 2.69. The van der Waals surface area contributed by atoms with E-state index in [1.165, 1.54) is 91.6 Å². The van der Waals surface area contributed by atoms with Crippen LogP contribution in [0.2, 0.25) is 0 Å². The number of rotatable bonds is 4. The molecule has 4 saturated carbocycles. The minimum atomic E-state index is 0.141. The second-order valence-corrected chi connectivity index (χ2v) is 16.1. The Morgan fingerprint density at radius 3 is 1.96 bits per heavy atom. The summed E-state index contributed by atoms with van der Waals surface area (Å²) in [7, 11) is 0. The van der Waals surface area contributed by atoms with Crippen molar-refractivity contribution in [3.8, 4) is 22.3 Å². The van der Waals surface area contributed by atoms with Gasteiger partial charge in [0.1, 0.15) is 0 Å². The molecule has 232 valence electrons. The van der Waals surface area contributed by atoms with Gasteiger partial charge in [-0.05, 0) is 132 Å². The SMILES string of the molecule is c1ccc(-c2cccc(N(c3ccc4c(c3)C3(c5ccccc5-4)C4CC5CC(C4)CC3C5)c3ccc4c(c3)sc3ccccc34)c2)cc1. The van der Waals surface area contributed by atoms with Gasteiger partial charge in [-0.1, -0.05) is 97.1 Å². The largest absolute Gasteiger partial charge is 0.310 e. The normalized spacial score (nSPS) is 24.8. The van der Waals surface area contributed by atoms with E-state index < -0.39 is 0 Å². The zero-order valence-corrected chi connectivity index (χ0v) is 27.8. The predicted molar refractivity (Wildman–Crippen MR) is 203 cm³/mol. The van der Waals surface area contributed by atoms with Crippen molar-refractivity contribution in [2.75, 3.05) is 4.90 Å². The van der Waals surface area contributed by atoms with Crippen molar-refractivity contribution in [1.82, 2.24) is 0 Å². The summed E-state index contributed by atoms with van der Waals surface area (Å²) in [6, 6.07) is 52.9. The van der Waals surface area contributed by atoms with Gasteiger partial charge in [-0.15, -0.1) is 11.3 Å². The van der Waals surface area contributed by atoms with Gasteiger partial charge in [0.25, 0.3) is 0 Å². The first kappa shape index (κ1) is 27.3. The van der Waals surface area contributed by atoms with Crippen LogP contribution >= 0.6 is 11.3 Å². The molecule has 48 heavy (non-hydrogen) atoms. The Labute approximate surface area is 286 Å². The summed E-state index contributed by atoms with van der Waals surface area (Å²) in [5.41, 5.74) is 12.5. The number of fused-ring (bicyclic) bond motifs is 6. The van der Waals surface area contributed by atoms with Gasteiger partial charge in [-0.2, -0.15) is 0 Å². The van der Waals surface area contributed by atoms with Crippen LogP contribution in [0.4, 0.5) is 17.1 Å². The van der Waals surface area contributed by atoms with Crippen molar-refractivity contribution < 1.29 is 0 Å². The zero-order chi connectivity index (χ0) is 31.4. The standard InChI is InChI=1S/C46H37NS/c1-2-9-31(10-3-1)32-11-8-12-35(26-32)47(37-18-20-41-40-14-5-7-16-44(40)48-45(41)28-37)36-17-19-39-38-13-4-6-15-42(38)46(43(39)27-36)33-22-29-21-30(24-33)25-34(46)23-29/h1-20,26-30,33-34H,21-25H2. The van der Waals surface area contributed by atoms with Gasteiger partial charge in [-0.25, -0.2) is 0 Å². The molecule has 1 aromatic heterocycles. The van der Waals surface area contributed by atoms with Crippen molar-refractivity contribution >= 4 is 48.6 Å². The molecule has 1 spiro atoms. The first-order valence-corrected chi connectivity index (χ1v) is 18.7. The predicted octanol–water partition coefficient (Wildman–Crippen LogP) is 12.9. The Morgan fingerprint density at radius 2 is 1.10 bits per heavy atom. The fourth-order valence-corrected chi connectivity index (χ4v) is 12.2. The third-order valence-electron chi connectivity index (χ3n) is 12.6. The van der Waals surface area contributed by atoms with Crippen LogP contribution in [-0.2, 0) is 5.41 Å². The lowest BCUT2D eigenvalue weighted by Crippen LogP contribution is -2.55. The Bertz CT molecular complexity index is 2350. The molecule has 6 aromatic carbocycles. The summed E-state index contributed by atoms with van der Waals surface area (Å²) < 4.78 is 2.69. The Balaban J connectivity index is 1.13. The molecule has 0 N–H and O–H groups in total. The van der Waals surface area contributed by atoms with E-state index in [0.29, 0.717) is 0 Å². The van der Waals surface area contributed by atoms with Crippen molar-refractivity contribution in [2.45, 2.75) is 37.5 Å². The highest BCUT2D eigenvalue weighted by atomic mass is 32.1. The topological polar surface area (TPSA) is 3.24 Å². The van der Waals surface area contributed by atoms with Gasteiger partial charge in [0.05, 0.1) is 0 Å². The first-order valence-electron chi connectivity index (χ1n) is 17.9. The second kappa shape index (κ2) is 10.2. The summed E-state index contributed by atoms with van der Waals surface area (Å²) in [6.45, 7) is 0. The molecule has 5 aliphatic carbocycles. The molecule has 1 nitrogen and oxygen atoms in total. The average molecular weight is 636 g/mol. The van der Waals surface area contributed by atoms with E-state index in [9.17, 15) is 0 Å². The molecular formula is C46H37NS. The van der Waals surface area contributed by atoms with Crippen LogP contribution < -0.4 is 4.90 Å². The maximum absolute atomic E-state index is 2.63. The molecule has 2 heteroatoms. The fraction of sp³-hybridized carbons (Fsp3) is 0.217. The molecule has 0 amide bonds. The van der Waals surface area contributed by atoms with Crippen LogP contribution in [-0.4, -0.2) is 0 Å². The van der Waals surface area contributed by atoms with E-state index in [0.717, 1.165) is 23.7 Å². The van der Waals surface area contributed by atoms with Gasteiger partial charge in [0, 0.05) is 42.6 Å². The summed E-state index contributed by atoms with van der Waals surface area (Å²) >= 11 is 1.90. The van der Waals surface area contributed by atoms with E-state index >= 15 is 0 Å². The maximum atomic E-state index is 2.63. The van der Waals surface area contributed by atoms with Crippen molar-refractivity contribution in [3.63, 3.8) is 0 Å². The van der Waals surface area contributed by atoms with E-state index in [1.807, 2.05) is 11.3 Å². The third kappa shape index (κ3) is 3.78. The van der Waals surface area contributed by atoms with Crippen molar-refractivity contribution in [2.24, 2.45) is 23.7 Å². The van der Waals surface area contributed by atoms with E-state index in [-0.39, 0.29) is 5.41 Å². The second-order valence-electron chi connectivity index (χ2n) is 15.0. The number of thiophene rings is 1. The van der Waals surface area contributed by atoms with Crippen LogP contribution in [0.25, 0.3) is 42.4 Å². The summed E-state index contributed by atoms with van der Waals surface area (Å²) in [5.74, 6) is 3.36. The number of hydrogen-bond acceptors (Lipinski definition) is 2. The van der Waals surface area contributed by atoms with Crippen molar-refractivity contribution in [3.05, 3.63) is 151 Å². The number of nitrogens with zero attached hydrogens (tertiary/aromatic N) is 1. The Kier molecular flexibility index (Phi) is 5.79. The molecule has 0 radical (unpaired) electrons. The minimum Gasteiger partial charge on any atom is -0.310 e. The number of hydrogen-bond donors (Lipinski definition) is 0. The lowest BCUT2D eigenvalue weighted by molar-refractivity contribution is -0.0399. The van der Waals surface area contributed by atoms with Crippen LogP contribution in [0, 0.1) is 23.7 Å². The van der Waals surface area contributed by atoms with Gasteiger partial charge in [0.2, 0.25) is 0 Å². The number of benzene rings is 6. The highest BCUT2D eigenvalue weighted by Gasteiger charge is 2.61. The lowest BCUT2D eigenvalue weighted by Gasteiger charge is -2.61. The molecular weight excluding hydrogens is 599 g/mol. The third-order valence-corrected chi connectivity index (χ3v) is 13.8. The van der Waals surface area contributed by atoms with E-state index in [1.54, 1.807) is 11.1 Å². The van der Waals surface area contributed by atoms with Crippen molar-refractivity contribution in [1.29, 1.82) is 0 Å². The van der Waals surface area contributed by atoms with Crippen LogP contribution in [0.1, 0.15) is 43.2 Å².